The van der Waals surface area contributed by atoms with Gasteiger partial charge in [-0.3, -0.25) is 9.59 Å². The van der Waals surface area contributed by atoms with Crippen LogP contribution in [0.2, 0.25) is 0 Å². The largest absolute Gasteiger partial charge is 0.312 e. The zero-order valence-electron chi connectivity index (χ0n) is 14.6. The van der Waals surface area contributed by atoms with Gasteiger partial charge >= 0.3 is 0 Å². The molecule has 132 valence electrons. The van der Waals surface area contributed by atoms with Crippen LogP contribution >= 0.6 is 0 Å². The fourth-order valence-electron chi connectivity index (χ4n) is 3.55. The van der Waals surface area contributed by atoms with Crippen molar-refractivity contribution in [1.82, 2.24) is 5.01 Å². The number of hydrogen-bond donors (Lipinski definition) is 0. The molecule has 2 heterocycles. The van der Waals surface area contributed by atoms with Crippen LogP contribution in [0.3, 0.4) is 0 Å². The summed E-state index contributed by atoms with van der Waals surface area (Å²) in [6, 6.07) is 17.9. The smallest absolute Gasteiger partial charge is 0.243 e. The molecule has 0 atom stereocenters. The van der Waals surface area contributed by atoms with Crippen molar-refractivity contribution in [2.75, 3.05) is 18.0 Å². The summed E-state index contributed by atoms with van der Waals surface area (Å²) in [4.78, 5) is 26.8. The molecule has 0 aliphatic carbocycles. The lowest BCUT2D eigenvalue weighted by atomic mass is 10.1. The molecule has 2 aliphatic rings. The van der Waals surface area contributed by atoms with Gasteiger partial charge in [0.15, 0.2) is 0 Å². The third-order valence-corrected chi connectivity index (χ3v) is 4.94. The van der Waals surface area contributed by atoms with Crippen LogP contribution < -0.4 is 4.90 Å². The minimum atomic E-state index is -0.0863. The van der Waals surface area contributed by atoms with Gasteiger partial charge in [0.2, 0.25) is 11.8 Å². The Morgan fingerprint density at radius 2 is 1.58 bits per heavy atom. The first-order chi connectivity index (χ1) is 12.7. The first-order valence-electron chi connectivity index (χ1n) is 9.04. The van der Waals surface area contributed by atoms with Crippen LogP contribution in [0, 0.1) is 0 Å². The number of carbonyl (C=O) groups excluding carboxylic acids is 2. The summed E-state index contributed by atoms with van der Waals surface area (Å²) in [6.45, 7) is 1.29. The lowest BCUT2D eigenvalue weighted by molar-refractivity contribution is -0.132. The minimum absolute atomic E-state index is 0.00904. The Morgan fingerprint density at radius 1 is 0.846 bits per heavy atom. The number of amides is 2. The molecule has 2 aromatic carbocycles. The van der Waals surface area contributed by atoms with E-state index in [4.69, 9.17) is 0 Å². The number of benzene rings is 2. The van der Waals surface area contributed by atoms with Crippen molar-refractivity contribution in [3.8, 4) is 0 Å². The Kier molecular flexibility index (Phi) is 4.52. The molecular weight excluding hydrogens is 326 g/mol. The van der Waals surface area contributed by atoms with Crippen molar-refractivity contribution in [2.24, 2.45) is 5.10 Å². The summed E-state index contributed by atoms with van der Waals surface area (Å²) in [5, 5.41) is 5.95. The van der Waals surface area contributed by atoms with Gasteiger partial charge in [-0.05, 0) is 23.6 Å². The van der Waals surface area contributed by atoms with Gasteiger partial charge in [-0.1, -0.05) is 48.5 Å². The maximum Gasteiger partial charge on any atom is 0.243 e. The molecule has 0 aromatic heterocycles. The molecule has 5 nitrogen and oxygen atoms in total. The molecule has 0 saturated heterocycles. The van der Waals surface area contributed by atoms with Gasteiger partial charge in [0.05, 0.1) is 12.3 Å². The summed E-state index contributed by atoms with van der Waals surface area (Å²) in [7, 11) is 0. The Balaban J connectivity index is 1.35. The van der Waals surface area contributed by atoms with Gasteiger partial charge in [-0.15, -0.1) is 0 Å². The summed E-state index contributed by atoms with van der Waals surface area (Å²) in [5.74, 6) is -0.0773. The van der Waals surface area contributed by atoms with Gasteiger partial charge in [0.25, 0.3) is 0 Å². The first-order valence-corrected chi connectivity index (χ1v) is 9.04. The molecule has 0 bridgehead atoms. The van der Waals surface area contributed by atoms with Crippen LogP contribution in [0.4, 0.5) is 5.69 Å². The number of hydrazone groups is 1. The monoisotopic (exact) mass is 347 g/mol. The van der Waals surface area contributed by atoms with E-state index in [0.717, 1.165) is 29.8 Å². The van der Waals surface area contributed by atoms with Gasteiger partial charge in [-0.2, -0.15) is 5.10 Å². The van der Waals surface area contributed by atoms with E-state index in [-0.39, 0.29) is 24.7 Å². The van der Waals surface area contributed by atoms with Crippen molar-refractivity contribution in [3.05, 3.63) is 65.7 Å². The molecule has 0 saturated carbocycles. The topological polar surface area (TPSA) is 53.0 Å². The molecule has 0 radical (unpaired) electrons. The van der Waals surface area contributed by atoms with Crippen molar-refractivity contribution in [3.63, 3.8) is 0 Å². The quantitative estimate of drug-likeness (QED) is 0.854. The zero-order chi connectivity index (χ0) is 17.9. The van der Waals surface area contributed by atoms with Gasteiger partial charge in [0, 0.05) is 31.5 Å². The molecular formula is C21H21N3O2. The molecule has 0 N–H and O–H groups in total. The van der Waals surface area contributed by atoms with Crippen molar-refractivity contribution in [1.29, 1.82) is 0 Å². The predicted octanol–water partition coefficient (Wildman–Crippen LogP) is 2.99. The Hall–Kier alpha value is -2.95. The average molecular weight is 347 g/mol. The maximum atomic E-state index is 12.5. The lowest BCUT2D eigenvalue weighted by Crippen LogP contribution is -2.31. The molecule has 2 amide bonds. The number of carbonyl (C=O) groups is 2. The Morgan fingerprint density at radius 3 is 2.42 bits per heavy atom. The van der Waals surface area contributed by atoms with E-state index >= 15 is 0 Å². The van der Waals surface area contributed by atoms with Crippen LogP contribution in [0.25, 0.3) is 0 Å². The third kappa shape index (κ3) is 3.25. The number of rotatable bonds is 4. The second kappa shape index (κ2) is 7.12. The number of fused-ring (bicyclic) bond motifs is 1. The highest BCUT2D eigenvalue weighted by molar-refractivity contribution is 6.03. The summed E-state index contributed by atoms with van der Waals surface area (Å²) < 4.78 is 0. The SMILES string of the molecule is O=C(CCC(=O)N1CCc2ccccc21)N1CCC(c2ccccc2)=N1. The average Bonchev–Trinajstić information content (AvgIpc) is 3.34. The van der Waals surface area contributed by atoms with E-state index in [9.17, 15) is 9.59 Å². The normalized spacial score (nSPS) is 15.8. The Labute approximate surface area is 152 Å². The van der Waals surface area contributed by atoms with E-state index in [2.05, 4.69) is 11.2 Å². The molecule has 0 spiro atoms. The molecule has 26 heavy (non-hydrogen) atoms. The van der Waals surface area contributed by atoms with E-state index in [1.54, 1.807) is 4.90 Å². The molecule has 0 fully saturated rings. The fourth-order valence-corrected chi connectivity index (χ4v) is 3.55. The van der Waals surface area contributed by atoms with Gasteiger partial charge < -0.3 is 4.90 Å². The van der Waals surface area contributed by atoms with Crippen molar-refractivity contribution < 1.29 is 9.59 Å². The third-order valence-electron chi connectivity index (χ3n) is 4.94. The van der Waals surface area contributed by atoms with Gasteiger partial charge in [0.1, 0.15) is 0 Å². The number of nitrogens with zero attached hydrogens (tertiary/aromatic N) is 3. The number of hydrogen-bond acceptors (Lipinski definition) is 3. The van der Waals surface area contributed by atoms with E-state index in [1.165, 1.54) is 10.6 Å². The summed E-state index contributed by atoms with van der Waals surface area (Å²) in [5.41, 5.74) is 4.16. The molecule has 2 aliphatic heterocycles. The molecule has 5 heteroatoms. The van der Waals surface area contributed by atoms with E-state index in [0.29, 0.717) is 13.1 Å². The summed E-state index contributed by atoms with van der Waals surface area (Å²) in [6.07, 6.45) is 2.05. The van der Waals surface area contributed by atoms with Crippen LogP contribution in [0.5, 0.6) is 0 Å². The maximum absolute atomic E-state index is 12.5. The van der Waals surface area contributed by atoms with Gasteiger partial charge in [-0.25, -0.2) is 5.01 Å². The highest BCUT2D eigenvalue weighted by Gasteiger charge is 2.26. The van der Waals surface area contributed by atoms with Crippen LogP contribution in [-0.4, -0.2) is 35.6 Å². The van der Waals surface area contributed by atoms with Crippen molar-refractivity contribution in [2.45, 2.75) is 25.7 Å². The number of para-hydroxylation sites is 1. The molecule has 2 aromatic rings. The van der Waals surface area contributed by atoms with E-state index in [1.807, 2.05) is 48.5 Å². The first kappa shape index (κ1) is 16.5. The summed E-state index contributed by atoms with van der Waals surface area (Å²) >= 11 is 0. The number of anilines is 1. The standard InChI is InChI=1S/C21H21N3O2/c25-20(23-14-12-17-8-4-5-9-19(17)23)10-11-21(26)24-15-13-18(22-24)16-6-2-1-3-7-16/h1-9H,10-15H2. The molecule has 4 rings (SSSR count). The minimum Gasteiger partial charge on any atom is -0.312 e. The van der Waals surface area contributed by atoms with E-state index < -0.39 is 0 Å². The highest BCUT2D eigenvalue weighted by Crippen LogP contribution is 2.28. The molecule has 0 unspecified atom stereocenters. The van der Waals surface area contributed by atoms with Crippen molar-refractivity contribution >= 4 is 23.2 Å². The van der Waals surface area contributed by atoms with Crippen LogP contribution in [-0.2, 0) is 16.0 Å². The second-order valence-corrected chi connectivity index (χ2v) is 6.60. The van der Waals surface area contributed by atoms with Crippen LogP contribution in [0.15, 0.2) is 59.7 Å². The lowest BCUT2D eigenvalue weighted by Gasteiger charge is -2.18. The van der Waals surface area contributed by atoms with Crippen LogP contribution in [0.1, 0.15) is 30.4 Å². The zero-order valence-corrected chi connectivity index (χ0v) is 14.6. The second-order valence-electron chi connectivity index (χ2n) is 6.60. The highest BCUT2D eigenvalue weighted by atomic mass is 16.2. The fraction of sp³-hybridized carbons (Fsp3) is 0.286. The Bertz CT molecular complexity index is 861. The predicted molar refractivity (Wildman–Crippen MR) is 101 cm³/mol.